The zero-order valence-corrected chi connectivity index (χ0v) is 15.6. The largest absolute Gasteiger partial charge is 0.289 e. The molecular weight excluding hydrogens is 327 g/mol. The Morgan fingerprint density at radius 2 is 1.35 bits per heavy atom. The average Bonchev–Trinajstić information content (AvgIpc) is 2.52. The van der Waals surface area contributed by atoms with Crippen molar-refractivity contribution in [2.45, 2.75) is 34.6 Å². The van der Waals surface area contributed by atoms with Crippen molar-refractivity contribution in [1.29, 1.82) is 0 Å². The monoisotopic (exact) mass is 346 g/mol. The van der Waals surface area contributed by atoms with Crippen molar-refractivity contribution in [3.8, 4) is 0 Å². The molecule has 0 spiro atoms. The third-order valence-corrected chi connectivity index (χ3v) is 5.36. The molecule has 0 unspecified atom stereocenters. The third-order valence-electron chi connectivity index (χ3n) is 4.62. The predicted octanol–water partition coefficient (Wildman–Crippen LogP) is 6.43. The van der Waals surface area contributed by atoms with Crippen LogP contribution >= 0.6 is 23.2 Å². The van der Waals surface area contributed by atoms with Crippen LogP contribution in [0, 0.1) is 34.6 Å². The Morgan fingerprint density at radius 1 is 0.826 bits per heavy atom. The van der Waals surface area contributed by atoms with E-state index in [1.165, 1.54) is 16.7 Å². The normalized spacial score (nSPS) is 11.3. The van der Waals surface area contributed by atoms with E-state index in [9.17, 15) is 4.79 Å². The van der Waals surface area contributed by atoms with Crippen molar-refractivity contribution in [2.75, 3.05) is 0 Å². The molecule has 0 fully saturated rings. The van der Waals surface area contributed by atoms with Crippen LogP contribution in [-0.2, 0) is 0 Å². The minimum atomic E-state index is 0.0114. The van der Waals surface area contributed by atoms with Crippen LogP contribution in [0.5, 0.6) is 0 Å². The summed E-state index contributed by atoms with van der Waals surface area (Å²) in [5.41, 5.74) is 7.36. The quantitative estimate of drug-likeness (QED) is 0.462. The summed E-state index contributed by atoms with van der Waals surface area (Å²) in [5, 5.41) is 0.988. The van der Waals surface area contributed by atoms with Crippen LogP contribution in [0.15, 0.2) is 24.3 Å². The van der Waals surface area contributed by atoms with E-state index in [2.05, 4.69) is 20.8 Å². The molecule has 0 saturated heterocycles. The highest BCUT2D eigenvalue weighted by Crippen LogP contribution is 2.27. The molecule has 3 heteroatoms. The molecule has 2 aromatic carbocycles. The van der Waals surface area contributed by atoms with Gasteiger partial charge in [0, 0.05) is 5.56 Å². The average molecular weight is 347 g/mol. The van der Waals surface area contributed by atoms with E-state index in [0.29, 0.717) is 10.0 Å². The lowest BCUT2D eigenvalue weighted by atomic mass is 9.87. The molecule has 23 heavy (non-hydrogen) atoms. The highest BCUT2D eigenvalue weighted by molar-refractivity contribution is 6.42. The van der Waals surface area contributed by atoms with Gasteiger partial charge in [-0.25, -0.2) is 0 Å². The van der Waals surface area contributed by atoms with Gasteiger partial charge in [-0.05, 0) is 86.2 Å². The Bertz CT molecular complexity index is 788. The first-order valence-corrected chi connectivity index (χ1v) is 8.24. The van der Waals surface area contributed by atoms with E-state index < -0.39 is 0 Å². The van der Waals surface area contributed by atoms with Crippen molar-refractivity contribution in [3.05, 3.63) is 73.3 Å². The Labute approximate surface area is 147 Å². The summed E-state index contributed by atoms with van der Waals surface area (Å²) in [6.45, 7) is 10.3. The summed E-state index contributed by atoms with van der Waals surface area (Å²) in [7, 11) is 0. The van der Waals surface area contributed by atoms with Crippen LogP contribution < -0.4 is 0 Å². The number of ketones is 1. The van der Waals surface area contributed by atoms with Crippen LogP contribution in [0.3, 0.4) is 0 Å². The first kappa shape index (κ1) is 17.8. The molecule has 0 radical (unpaired) electrons. The molecule has 0 bridgehead atoms. The summed E-state index contributed by atoms with van der Waals surface area (Å²) in [6, 6.07) is 5.31. The maximum Gasteiger partial charge on any atom is 0.186 e. The predicted molar refractivity (Wildman–Crippen MR) is 100.0 cm³/mol. The lowest BCUT2D eigenvalue weighted by Gasteiger charge is -2.16. The van der Waals surface area contributed by atoms with Gasteiger partial charge in [-0.15, -0.1) is 0 Å². The Balaban J connectivity index is 2.42. The fourth-order valence-electron chi connectivity index (χ4n) is 2.74. The fourth-order valence-corrected chi connectivity index (χ4v) is 3.05. The first-order chi connectivity index (χ1) is 10.7. The van der Waals surface area contributed by atoms with Crippen molar-refractivity contribution < 1.29 is 4.79 Å². The molecule has 2 rings (SSSR count). The summed E-state index contributed by atoms with van der Waals surface area (Å²) in [5.74, 6) is 0.0114. The molecule has 0 N–H and O–H groups in total. The van der Waals surface area contributed by atoms with Crippen molar-refractivity contribution in [1.82, 2.24) is 0 Å². The standard InChI is InChI=1S/C20H20Cl2O/c1-11-12(2)14(4)20(15(5)13(11)3)19(23)9-7-16-6-8-17(21)18(22)10-16/h6-10H,1-5H3/b9-7+. The second-order valence-electron chi connectivity index (χ2n) is 5.87. The van der Waals surface area contributed by atoms with E-state index in [0.717, 1.165) is 22.3 Å². The first-order valence-electron chi connectivity index (χ1n) is 7.48. The van der Waals surface area contributed by atoms with Crippen molar-refractivity contribution >= 4 is 35.1 Å². The minimum Gasteiger partial charge on any atom is -0.289 e. The van der Waals surface area contributed by atoms with Crippen molar-refractivity contribution in [2.24, 2.45) is 0 Å². The molecule has 0 aliphatic carbocycles. The second kappa shape index (κ2) is 6.90. The lowest BCUT2D eigenvalue weighted by molar-refractivity contribution is 0.104. The SMILES string of the molecule is Cc1c(C)c(C)c(C(=O)/C=C/c2ccc(Cl)c(Cl)c2)c(C)c1C. The third kappa shape index (κ3) is 3.52. The van der Waals surface area contributed by atoms with E-state index in [1.807, 2.05) is 19.9 Å². The molecular formula is C20H20Cl2O. The number of halogens is 2. The van der Waals surface area contributed by atoms with E-state index >= 15 is 0 Å². The van der Waals surface area contributed by atoms with Crippen LogP contribution in [0.4, 0.5) is 0 Å². The number of carbonyl (C=O) groups excluding carboxylic acids is 1. The van der Waals surface area contributed by atoms with Crippen molar-refractivity contribution in [3.63, 3.8) is 0 Å². The number of carbonyl (C=O) groups is 1. The van der Waals surface area contributed by atoms with Gasteiger partial charge >= 0.3 is 0 Å². The van der Waals surface area contributed by atoms with Gasteiger partial charge < -0.3 is 0 Å². The maximum atomic E-state index is 12.7. The highest BCUT2D eigenvalue weighted by Gasteiger charge is 2.16. The van der Waals surface area contributed by atoms with Gasteiger partial charge in [0.05, 0.1) is 10.0 Å². The van der Waals surface area contributed by atoms with E-state index in [4.69, 9.17) is 23.2 Å². The summed E-state index contributed by atoms with van der Waals surface area (Å²) < 4.78 is 0. The van der Waals surface area contributed by atoms with Crippen LogP contribution in [0.25, 0.3) is 6.08 Å². The number of rotatable bonds is 3. The minimum absolute atomic E-state index is 0.0114. The molecule has 0 saturated carbocycles. The number of hydrogen-bond acceptors (Lipinski definition) is 1. The molecule has 1 nitrogen and oxygen atoms in total. The summed E-state index contributed by atoms with van der Waals surface area (Å²) >= 11 is 11.9. The van der Waals surface area contributed by atoms with Crippen LogP contribution in [0.1, 0.15) is 43.7 Å². The summed E-state index contributed by atoms with van der Waals surface area (Å²) in [6.07, 6.45) is 3.37. The number of allylic oxidation sites excluding steroid dienone is 1. The smallest absolute Gasteiger partial charge is 0.186 e. The fraction of sp³-hybridized carbons (Fsp3) is 0.250. The van der Waals surface area contributed by atoms with Gasteiger partial charge in [0.15, 0.2) is 5.78 Å². The van der Waals surface area contributed by atoms with Gasteiger partial charge in [-0.3, -0.25) is 4.79 Å². The van der Waals surface area contributed by atoms with Gasteiger partial charge in [-0.1, -0.05) is 35.3 Å². The molecule has 120 valence electrons. The zero-order valence-electron chi connectivity index (χ0n) is 14.1. The van der Waals surface area contributed by atoms with E-state index in [1.54, 1.807) is 24.3 Å². The Hall–Kier alpha value is -1.57. The molecule has 0 heterocycles. The highest BCUT2D eigenvalue weighted by atomic mass is 35.5. The van der Waals surface area contributed by atoms with Crippen LogP contribution in [0.2, 0.25) is 10.0 Å². The molecule has 0 atom stereocenters. The molecule has 0 aliphatic heterocycles. The van der Waals surface area contributed by atoms with E-state index in [-0.39, 0.29) is 5.78 Å². The molecule has 0 aromatic heterocycles. The van der Waals surface area contributed by atoms with Gasteiger partial charge in [-0.2, -0.15) is 0 Å². The topological polar surface area (TPSA) is 17.1 Å². The molecule has 0 amide bonds. The molecule has 2 aromatic rings. The van der Waals surface area contributed by atoms with Crippen LogP contribution in [-0.4, -0.2) is 5.78 Å². The van der Waals surface area contributed by atoms with Gasteiger partial charge in [0.1, 0.15) is 0 Å². The Morgan fingerprint density at radius 3 is 1.87 bits per heavy atom. The van der Waals surface area contributed by atoms with Gasteiger partial charge in [0.25, 0.3) is 0 Å². The molecule has 0 aliphatic rings. The number of benzene rings is 2. The summed E-state index contributed by atoms with van der Waals surface area (Å²) in [4.78, 5) is 12.7. The van der Waals surface area contributed by atoms with Gasteiger partial charge in [0.2, 0.25) is 0 Å². The Kier molecular flexibility index (Phi) is 5.33. The second-order valence-corrected chi connectivity index (χ2v) is 6.69. The maximum absolute atomic E-state index is 12.7. The number of hydrogen-bond donors (Lipinski definition) is 0. The lowest BCUT2D eigenvalue weighted by Crippen LogP contribution is -2.07. The zero-order chi connectivity index (χ0) is 17.3.